The predicted molar refractivity (Wildman–Crippen MR) is 85.4 cm³/mol. The van der Waals surface area contributed by atoms with Crippen molar-refractivity contribution in [2.45, 2.75) is 6.54 Å². The normalized spacial score (nSPS) is 10.3. The molecule has 22 heavy (non-hydrogen) atoms. The van der Waals surface area contributed by atoms with Gasteiger partial charge in [-0.3, -0.25) is 14.9 Å². The molecule has 0 aliphatic rings. The molecule has 0 unspecified atom stereocenters. The average molecular weight is 339 g/mol. The standard InChI is InChI=1S/C15H12Cl2N2O3/c1-18(15(20)10-3-2-4-12(16)7-10)9-11-8-13(19(21)22)5-6-14(11)17/h2-8H,9H2,1H3. The summed E-state index contributed by atoms with van der Waals surface area (Å²) in [7, 11) is 1.60. The van der Waals surface area contributed by atoms with Crippen molar-refractivity contribution in [2.24, 2.45) is 0 Å². The predicted octanol–water partition coefficient (Wildman–Crippen LogP) is 4.17. The van der Waals surface area contributed by atoms with E-state index in [0.717, 1.165) is 0 Å². The van der Waals surface area contributed by atoms with Crippen LogP contribution in [0.3, 0.4) is 0 Å². The molecule has 2 rings (SSSR count). The SMILES string of the molecule is CN(Cc1cc([N+](=O)[O-])ccc1Cl)C(=O)c1cccc(Cl)c1. The number of carbonyl (C=O) groups is 1. The monoisotopic (exact) mass is 338 g/mol. The van der Waals surface area contributed by atoms with Gasteiger partial charge in [0.25, 0.3) is 11.6 Å². The third-order valence-corrected chi connectivity index (χ3v) is 3.67. The van der Waals surface area contributed by atoms with Crippen LogP contribution in [0.4, 0.5) is 5.69 Å². The summed E-state index contributed by atoms with van der Waals surface area (Å²) in [6, 6.07) is 10.7. The summed E-state index contributed by atoms with van der Waals surface area (Å²) >= 11 is 11.9. The van der Waals surface area contributed by atoms with Gasteiger partial charge >= 0.3 is 0 Å². The maximum Gasteiger partial charge on any atom is 0.269 e. The van der Waals surface area contributed by atoms with E-state index < -0.39 is 4.92 Å². The fourth-order valence-electron chi connectivity index (χ4n) is 1.97. The first kappa shape index (κ1) is 16.3. The summed E-state index contributed by atoms with van der Waals surface area (Å²) in [5.74, 6) is -0.245. The second-order valence-corrected chi connectivity index (χ2v) is 5.55. The topological polar surface area (TPSA) is 63.4 Å². The first-order valence-electron chi connectivity index (χ1n) is 6.32. The number of amides is 1. The molecule has 0 aromatic heterocycles. The zero-order chi connectivity index (χ0) is 16.3. The number of benzene rings is 2. The first-order chi connectivity index (χ1) is 10.4. The molecule has 0 saturated heterocycles. The van der Waals surface area contributed by atoms with Crippen molar-refractivity contribution in [3.63, 3.8) is 0 Å². The minimum atomic E-state index is -0.501. The molecule has 0 bridgehead atoms. The molecular formula is C15H12Cl2N2O3. The summed E-state index contributed by atoms with van der Waals surface area (Å²) in [6.45, 7) is 0.159. The second-order valence-electron chi connectivity index (χ2n) is 4.70. The smallest absolute Gasteiger partial charge is 0.269 e. The van der Waals surface area contributed by atoms with Gasteiger partial charge in [0.15, 0.2) is 0 Å². The first-order valence-corrected chi connectivity index (χ1v) is 7.08. The van der Waals surface area contributed by atoms with Crippen molar-refractivity contribution < 1.29 is 9.72 Å². The number of hydrogen-bond acceptors (Lipinski definition) is 3. The van der Waals surface area contributed by atoms with Crippen molar-refractivity contribution in [2.75, 3.05) is 7.05 Å². The summed E-state index contributed by atoms with van der Waals surface area (Å²) in [5.41, 5.74) is 0.883. The van der Waals surface area contributed by atoms with Gasteiger partial charge in [-0.05, 0) is 29.8 Å². The number of halogens is 2. The van der Waals surface area contributed by atoms with Gasteiger partial charge in [0, 0.05) is 41.3 Å². The Hall–Kier alpha value is -2.11. The van der Waals surface area contributed by atoms with Crippen LogP contribution in [0.15, 0.2) is 42.5 Å². The zero-order valence-corrected chi connectivity index (χ0v) is 13.1. The van der Waals surface area contributed by atoms with Crippen LogP contribution in [-0.2, 0) is 6.54 Å². The van der Waals surface area contributed by atoms with Gasteiger partial charge in [0.2, 0.25) is 0 Å². The Morgan fingerprint density at radius 3 is 2.59 bits per heavy atom. The van der Waals surface area contributed by atoms with Crippen LogP contribution in [0.2, 0.25) is 10.0 Å². The van der Waals surface area contributed by atoms with E-state index in [2.05, 4.69) is 0 Å². The van der Waals surface area contributed by atoms with Crippen LogP contribution >= 0.6 is 23.2 Å². The molecule has 7 heteroatoms. The number of nitro benzene ring substituents is 1. The van der Waals surface area contributed by atoms with Gasteiger partial charge in [-0.1, -0.05) is 29.3 Å². The molecule has 0 heterocycles. The highest BCUT2D eigenvalue weighted by molar-refractivity contribution is 6.31. The lowest BCUT2D eigenvalue weighted by Crippen LogP contribution is -2.26. The molecule has 2 aromatic carbocycles. The number of rotatable bonds is 4. The van der Waals surface area contributed by atoms with E-state index in [4.69, 9.17) is 23.2 Å². The third-order valence-electron chi connectivity index (χ3n) is 3.07. The number of hydrogen-bond donors (Lipinski definition) is 0. The summed E-state index contributed by atoms with van der Waals surface area (Å²) in [5, 5.41) is 11.6. The van der Waals surface area contributed by atoms with Crippen molar-refractivity contribution in [3.8, 4) is 0 Å². The van der Waals surface area contributed by atoms with Crippen LogP contribution in [0.25, 0.3) is 0 Å². The second kappa shape index (κ2) is 6.77. The van der Waals surface area contributed by atoms with Crippen molar-refractivity contribution >= 4 is 34.8 Å². The molecule has 0 atom stereocenters. The van der Waals surface area contributed by atoms with Crippen LogP contribution < -0.4 is 0 Å². The van der Waals surface area contributed by atoms with E-state index in [0.29, 0.717) is 21.2 Å². The molecule has 114 valence electrons. The molecule has 5 nitrogen and oxygen atoms in total. The highest BCUT2D eigenvalue weighted by Gasteiger charge is 2.16. The van der Waals surface area contributed by atoms with E-state index >= 15 is 0 Å². The maximum atomic E-state index is 12.3. The van der Waals surface area contributed by atoms with Crippen molar-refractivity contribution in [1.29, 1.82) is 0 Å². The van der Waals surface area contributed by atoms with Crippen LogP contribution in [0.1, 0.15) is 15.9 Å². The number of non-ortho nitro benzene ring substituents is 1. The third kappa shape index (κ3) is 3.75. The van der Waals surface area contributed by atoms with Gasteiger partial charge in [-0.25, -0.2) is 0 Å². The molecule has 0 aliphatic carbocycles. The Kier molecular flexibility index (Phi) is 5.00. The van der Waals surface area contributed by atoms with Gasteiger partial charge in [-0.15, -0.1) is 0 Å². The molecule has 0 radical (unpaired) electrons. The highest BCUT2D eigenvalue weighted by atomic mass is 35.5. The van der Waals surface area contributed by atoms with Gasteiger partial charge in [-0.2, -0.15) is 0 Å². The minimum absolute atomic E-state index is 0.0667. The lowest BCUT2D eigenvalue weighted by Gasteiger charge is -2.18. The van der Waals surface area contributed by atoms with Gasteiger partial charge < -0.3 is 4.90 Å². The van der Waals surface area contributed by atoms with Crippen molar-refractivity contribution in [1.82, 2.24) is 4.90 Å². The molecule has 0 spiro atoms. The number of nitrogens with zero attached hydrogens (tertiary/aromatic N) is 2. The van der Waals surface area contributed by atoms with Gasteiger partial charge in [0.05, 0.1) is 4.92 Å². The van der Waals surface area contributed by atoms with Crippen LogP contribution in [0.5, 0.6) is 0 Å². The van der Waals surface area contributed by atoms with E-state index in [1.54, 1.807) is 31.3 Å². The molecule has 1 amide bonds. The Morgan fingerprint density at radius 2 is 1.95 bits per heavy atom. The van der Waals surface area contributed by atoms with E-state index in [1.165, 1.54) is 23.1 Å². The molecule has 0 fully saturated rings. The summed E-state index contributed by atoms with van der Waals surface area (Å²) in [6.07, 6.45) is 0. The largest absolute Gasteiger partial charge is 0.337 e. The zero-order valence-electron chi connectivity index (χ0n) is 11.6. The summed E-state index contributed by atoms with van der Waals surface area (Å²) < 4.78 is 0. The highest BCUT2D eigenvalue weighted by Crippen LogP contribution is 2.23. The molecule has 0 aliphatic heterocycles. The van der Waals surface area contributed by atoms with Gasteiger partial charge in [0.1, 0.15) is 0 Å². The molecule has 0 N–H and O–H groups in total. The lowest BCUT2D eigenvalue weighted by atomic mass is 10.1. The fraction of sp³-hybridized carbons (Fsp3) is 0.133. The van der Waals surface area contributed by atoms with Crippen LogP contribution in [0, 0.1) is 10.1 Å². The Balaban J connectivity index is 2.21. The molecule has 0 saturated carbocycles. The average Bonchev–Trinajstić information content (AvgIpc) is 2.48. The molecular weight excluding hydrogens is 327 g/mol. The van der Waals surface area contributed by atoms with Crippen molar-refractivity contribution in [3.05, 3.63) is 73.8 Å². The van der Waals surface area contributed by atoms with E-state index in [9.17, 15) is 14.9 Å². The quantitative estimate of drug-likeness (QED) is 0.620. The number of carbonyl (C=O) groups excluding carboxylic acids is 1. The van der Waals surface area contributed by atoms with E-state index in [1.807, 2.05) is 0 Å². The Labute approximate surface area is 137 Å². The number of nitro groups is 1. The summed E-state index contributed by atoms with van der Waals surface area (Å²) in [4.78, 5) is 24.1. The Bertz CT molecular complexity index is 734. The minimum Gasteiger partial charge on any atom is -0.337 e. The van der Waals surface area contributed by atoms with E-state index in [-0.39, 0.29) is 18.1 Å². The van der Waals surface area contributed by atoms with Crippen LogP contribution in [-0.4, -0.2) is 22.8 Å². The molecule has 2 aromatic rings. The Morgan fingerprint density at radius 1 is 1.23 bits per heavy atom. The fourth-order valence-corrected chi connectivity index (χ4v) is 2.33. The lowest BCUT2D eigenvalue weighted by molar-refractivity contribution is -0.384. The maximum absolute atomic E-state index is 12.3.